The first kappa shape index (κ1) is 9.07. The quantitative estimate of drug-likeness (QED) is 0.537. The van der Waals surface area contributed by atoms with E-state index in [2.05, 4.69) is 0 Å². The molecule has 1 aromatic carbocycles. The number of carbonyl (C=O) groups is 1. The second-order valence-corrected chi connectivity index (χ2v) is 3.10. The van der Waals surface area contributed by atoms with Crippen molar-refractivity contribution >= 4 is 23.1 Å². The van der Waals surface area contributed by atoms with Crippen LogP contribution in [-0.2, 0) is 0 Å². The molecule has 3 heteroatoms. The van der Waals surface area contributed by atoms with Crippen molar-refractivity contribution < 1.29 is 4.79 Å². The number of carbonyl (C=O) groups excluding carboxylic acids is 1. The third-order valence-electron chi connectivity index (χ3n) is 1.84. The number of benzene rings is 1. The second-order valence-electron chi connectivity index (χ2n) is 2.69. The summed E-state index contributed by atoms with van der Waals surface area (Å²) in [5.41, 5.74) is 7.52. The average molecular weight is 184 g/mol. The van der Waals surface area contributed by atoms with Gasteiger partial charge in [0.1, 0.15) is 0 Å². The van der Waals surface area contributed by atoms with Gasteiger partial charge in [-0.1, -0.05) is 11.6 Å². The van der Waals surface area contributed by atoms with E-state index in [-0.39, 0.29) is 5.78 Å². The summed E-state index contributed by atoms with van der Waals surface area (Å²) in [6, 6.07) is 3.33. The maximum absolute atomic E-state index is 11.0. The first-order valence-electron chi connectivity index (χ1n) is 3.59. The monoisotopic (exact) mass is 183 g/mol. The molecule has 0 aliphatic carbocycles. The normalized spacial score (nSPS) is 9.92. The number of nitrogen functional groups attached to an aromatic ring is 1. The van der Waals surface area contributed by atoms with Crippen LogP contribution in [0.25, 0.3) is 0 Å². The van der Waals surface area contributed by atoms with Gasteiger partial charge >= 0.3 is 0 Å². The van der Waals surface area contributed by atoms with Gasteiger partial charge in [-0.3, -0.25) is 4.79 Å². The largest absolute Gasteiger partial charge is 0.397 e. The molecule has 2 nitrogen and oxygen atoms in total. The molecule has 0 spiro atoms. The van der Waals surface area contributed by atoms with Gasteiger partial charge in [0.2, 0.25) is 0 Å². The van der Waals surface area contributed by atoms with Crippen LogP contribution >= 0.6 is 11.6 Å². The van der Waals surface area contributed by atoms with Crippen molar-refractivity contribution in [2.75, 3.05) is 5.73 Å². The molecule has 64 valence electrons. The van der Waals surface area contributed by atoms with Crippen molar-refractivity contribution in [3.63, 3.8) is 0 Å². The summed E-state index contributed by atoms with van der Waals surface area (Å²) < 4.78 is 0. The smallest absolute Gasteiger partial charge is 0.160 e. The average Bonchev–Trinajstić information content (AvgIpc) is 2.00. The van der Waals surface area contributed by atoms with Crippen LogP contribution in [0.3, 0.4) is 0 Å². The van der Waals surface area contributed by atoms with Gasteiger partial charge < -0.3 is 5.73 Å². The summed E-state index contributed by atoms with van der Waals surface area (Å²) in [4.78, 5) is 11.0. The van der Waals surface area contributed by atoms with Gasteiger partial charge in [-0.25, -0.2) is 0 Å². The Labute approximate surface area is 76.3 Å². The summed E-state index contributed by atoms with van der Waals surface area (Å²) in [6.07, 6.45) is 0. The highest BCUT2D eigenvalue weighted by atomic mass is 35.5. The maximum Gasteiger partial charge on any atom is 0.160 e. The van der Waals surface area contributed by atoms with E-state index in [1.54, 1.807) is 19.1 Å². The molecule has 0 unspecified atom stereocenters. The molecular formula is C9H10ClNO. The molecule has 0 saturated carbocycles. The third kappa shape index (κ3) is 1.43. The Balaban J connectivity index is 3.36. The van der Waals surface area contributed by atoms with Crippen LogP contribution in [0.15, 0.2) is 12.1 Å². The maximum atomic E-state index is 11.0. The van der Waals surface area contributed by atoms with Crippen molar-refractivity contribution in [2.24, 2.45) is 0 Å². The van der Waals surface area contributed by atoms with Gasteiger partial charge in [0, 0.05) is 5.56 Å². The minimum absolute atomic E-state index is 0.0101. The highest BCUT2D eigenvalue weighted by Gasteiger charge is 2.08. The van der Waals surface area contributed by atoms with E-state index in [4.69, 9.17) is 17.3 Å². The minimum atomic E-state index is 0.0101. The zero-order chi connectivity index (χ0) is 9.30. The van der Waals surface area contributed by atoms with Crippen LogP contribution < -0.4 is 5.73 Å². The van der Waals surface area contributed by atoms with Gasteiger partial charge in [0.15, 0.2) is 5.78 Å². The molecule has 0 radical (unpaired) electrons. The van der Waals surface area contributed by atoms with Crippen molar-refractivity contribution in [2.45, 2.75) is 13.8 Å². The predicted molar refractivity (Wildman–Crippen MR) is 50.6 cm³/mol. The van der Waals surface area contributed by atoms with Crippen LogP contribution in [0.5, 0.6) is 0 Å². The number of nitrogens with two attached hydrogens (primary N) is 1. The predicted octanol–water partition coefficient (Wildman–Crippen LogP) is 2.43. The molecule has 1 rings (SSSR count). The Morgan fingerprint density at radius 1 is 1.50 bits per heavy atom. The minimum Gasteiger partial charge on any atom is -0.397 e. The lowest BCUT2D eigenvalue weighted by Crippen LogP contribution is -2.00. The van der Waals surface area contributed by atoms with E-state index in [1.165, 1.54) is 6.92 Å². The molecule has 0 bridgehead atoms. The Bertz CT molecular complexity index is 334. The molecule has 0 aliphatic heterocycles. The molecule has 0 aliphatic rings. The lowest BCUT2D eigenvalue weighted by Gasteiger charge is -2.06. The summed E-state index contributed by atoms with van der Waals surface area (Å²) in [6.45, 7) is 3.30. The Hall–Kier alpha value is -1.02. The molecule has 0 saturated heterocycles. The molecule has 0 aromatic heterocycles. The lowest BCUT2D eigenvalue weighted by atomic mass is 10.0. The zero-order valence-corrected chi connectivity index (χ0v) is 7.77. The molecule has 0 atom stereocenters. The molecule has 12 heavy (non-hydrogen) atoms. The van der Waals surface area contributed by atoms with Gasteiger partial charge in [-0.15, -0.1) is 0 Å². The van der Waals surface area contributed by atoms with E-state index in [0.29, 0.717) is 16.3 Å². The molecule has 0 fully saturated rings. The lowest BCUT2D eigenvalue weighted by molar-refractivity contribution is 0.101. The summed E-state index contributed by atoms with van der Waals surface area (Å²) in [7, 11) is 0. The van der Waals surface area contributed by atoms with Crippen LogP contribution in [0.2, 0.25) is 5.02 Å². The number of halogens is 1. The van der Waals surface area contributed by atoms with Crippen molar-refractivity contribution in [3.05, 3.63) is 28.3 Å². The fourth-order valence-corrected chi connectivity index (χ4v) is 1.28. The summed E-state index contributed by atoms with van der Waals surface area (Å²) in [5.74, 6) is 0.0101. The standard InChI is InChI=1S/C9H10ClNO/c1-5-7(6(2)12)3-4-8(10)9(5)11/h3-4H,11H2,1-2H3. The number of anilines is 1. The van der Waals surface area contributed by atoms with E-state index in [9.17, 15) is 4.79 Å². The number of ketones is 1. The van der Waals surface area contributed by atoms with Gasteiger partial charge in [-0.05, 0) is 31.5 Å². The molecule has 0 amide bonds. The van der Waals surface area contributed by atoms with Gasteiger partial charge in [0.25, 0.3) is 0 Å². The number of Topliss-reactive ketones (excluding diaryl/α,β-unsaturated/α-hetero) is 1. The topological polar surface area (TPSA) is 43.1 Å². The highest BCUT2D eigenvalue weighted by molar-refractivity contribution is 6.33. The summed E-state index contributed by atoms with van der Waals surface area (Å²) in [5, 5.41) is 0.498. The molecule has 0 heterocycles. The first-order valence-corrected chi connectivity index (χ1v) is 3.97. The van der Waals surface area contributed by atoms with E-state index < -0.39 is 0 Å². The van der Waals surface area contributed by atoms with Crippen LogP contribution in [0, 0.1) is 6.92 Å². The fourth-order valence-electron chi connectivity index (χ4n) is 1.08. The summed E-state index contributed by atoms with van der Waals surface area (Å²) >= 11 is 5.75. The van der Waals surface area contributed by atoms with Gasteiger partial charge in [-0.2, -0.15) is 0 Å². The van der Waals surface area contributed by atoms with Crippen LogP contribution in [0.1, 0.15) is 22.8 Å². The number of hydrogen-bond acceptors (Lipinski definition) is 2. The van der Waals surface area contributed by atoms with Gasteiger partial charge in [0.05, 0.1) is 10.7 Å². The Morgan fingerprint density at radius 3 is 2.58 bits per heavy atom. The van der Waals surface area contributed by atoms with Crippen molar-refractivity contribution in [1.29, 1.82) is 0 Å². The van der Waals surface area contributed by atoms with E-state index in [0.717, 1.165) is 5.56 Å². The van der Waals surface area contributed by atoms with E-state index in [1.807, 2.05) is 0 Å². The molecular weight excluding hydrogens is 174 g/mol. The fraction of sp³-hybridized carbons (Fsp3) is 0.222. The second kappa shape index (κ2) is 3.15. The third-order valence-corrected chi connectivity index (χ3v) is 2.17. The number of rotatable bonds is 1. The first-order chi connectivity index (χ1) is 5.54. The highest BCUT2D eigenvalue weighted by Crippen LogP contribution is 2.25. The Kier molecular flexibility index (Phi) is 2.38. The zero-order valence-electron chi connectivity index (χ0n) is 7.02. The number of hydrogen-bond donors (Lipinski definition) is 1. The van der Waals surface area contributed by atoms with Crippen LogP contribution in [-0.4, -0.2) is 5.78 Å². The van der Waals surface area contributed by atoms with Crippen molar-refractivity contribution in [3.8, 4) is 0 Å². The SMILES string of the molecule is CC(=O)c1ccc(Cl)c(N)c1C. The Morgan fingerprint density at radius 2 is 2.08 bits per heavy atom. The van der Waals surface area contributed by atoms with Crippen LogP contribution in [0.4, 0.5) is 5.69 Å². The molecule has 2 N–H and O–H groups in total. The molecule has 1 aromatic rings. The van der Waals surface area contributed by atoms with Crippen molar-refractivity contribution in [1.82, 2.24) is 0 Å². The van der Waals surface area contributed by atoms with E-state index >= 15 is 0 Å².